The minimum atomic E-state index is 0.676. The molecule has 0 saturated heterocycles. The van der Waals surface area contributed by atoms with Crippen molar-refractivity contribution in [3.05, 3.63) is 23.5 Å². The third-order valence-electron chi connectivity index (χ3n) is 2.01. The Morgan fingerprint density at radius 1 is 1.53 bits per heavy atom. The second-order valence-corrected chi connectivity index (χ2v) is 4.20. The highest BCUT2D eigenvalue weighted by Gasteiger charge is 2.08. The molecule has 1 aromatic rings. The maximum absolute atomic E-state index is 6.07. The molecule has 0 spiro atoms. The van der Waals surface area contributed by atoms with Crippen molar-refractivity contribution >= 4 is 33.2 Å². The average molecular weight is 294 g/mol. The van der Waals surface area contributed by atoms with Gasteiger partial charge in [-0.3, -0.25) is 4.98 Å². The first-order valence-corrected chi connectivity index (χ1v) is 6.19. The standard InChI is InChI=1S/C10H14BrClN2O/c1-15-7-6-14(5-3-11)10-2-4-13-8-9(10)12/h2,4,8H,3,5-7H2,1H3. The first kappa shape index (κ1) is 12.7. The summed E-state index contributed by atoms with van der Waals surface area (Å²) in [5, 5.41) is 1.57. The third-order valence-corrected chi connectivity index (χ3v) is 2.66. The Morgan fingerprint density at radius 2 is 2.33 bits per heavy atom. The fourth-order valence-electron chi connectivity index (χ4n) is 1.28. The van der Waals surface area contributed by atoms with Crippen LogP contribution in [0.3, 0.4) is 0 Å². The molecule has 0 atom stereocenters. The number of methoxy groups -OCH3 is 1. The molecule has 0 unspecified atom stereocenters. The van der Waals surface area contributed by atoms with Gasteiger partial charge in [0.25, 0.3) is 0 Å². The molecule has 1 heterocycles. The SMILES string of the molecule is COCCN(CCBr)c1ccncc1Cl. The normalized spacial score (nSPS) is 10.3. The van der Waals surface area contributed by atoms with E-state index >= 15 is 0 Å². The van der Waals surface area contributed by atoms with Crippen molar-refractivity contribution in [1.82, 2.24) is 4.98 Å². The summed E-state index contributed by atoms with van der Waals surface area (Å²) in [6.07, 6.45) is 3.40. The van der Waals surface area contributed by atoms with E-state index in [1.165, 1.54) is 0 Å². The van der Waals surface area contributed by atoms with E-state index in [-0.39, 0.29) is 0 Å². The molecule has 3 nitrogen and oxygen atoms in total. The number of alkyl halides is 1. The number of pyridine rings is 1. The monoisotopic (exact) mass is 292 g/mol. The zero-order valence-electron chi connectivity index (χ0n) is 8.62. The minimum Gasteiger partial charge on any atom is -0.383 e. The second-order valence-electron chi connectivity index (χ2n) is 3.00. The summed E-state index contributed by atoms with van der Waals surface area (Å²) in [5.41, 5.74) is 1.00. The number of aromatic nitrogens is 1. The zero-order chi connectivity index (χ0) is 11.1. The predicted molar refractivity (Wildman–Crippen MR) is 67.1 cm³/mol. The summed E-state index contributed by atoms with van der Waals surface area (Å²) in [6, 6.07) is 1.92. The van der Waals surface area contributed by atoms with Gasteiger partial charge in [0.05, 0.1) is 17.3 Å². The van der Waals surface area contributed by atoms with Crippen molar-refractivity contribution in [3.8, 4) is 0 Å². The van der Waals surface area contributed by atoms with Gasteiger partial charge in [-0.25, -0.2) is 0 Å². The summed E-state index contributed by atoms with van der Waals surface area (Å²) in [7, 11) is 1.69. The molecule has 0 aliphatic carbocycles. The van der Waals surface area contributed by atoms with Gasteiger partial charge >= 0.3 is 0 Å². The lowest BCUT2D eigenvalue weighted by atomic mass is 10.3. The predicted octanol–water partition coefficient (Wildman–Crippen LogP) is 2.58. The van der Waals surface area contributed by atoms with Gasteiger partial charge < -0.3 is 9.64 Å². The van der Waals surface area contributed by atoms with Crippen LogP contribution in [0.4, 0.5) is 5.69 Å². The molecular formula is C10H14BrClN2O. The molecule has 0 fully saturated rings. The summed E-state index contributed by atoms with van der Waals surface area (Å²) in [5.74, 6) is 0. The molecule has 0 bridgehead atoms. The Bertz CT molecular complexity index is 299. The van der Waals surface area contributed by atoms with E-state index in [2.05, 4.69) is 25.8 Å². The molecule has 5 heteroatoms. The van der Waals surface area contributed by atoms with Crippen LogP contribution >= 0.6 is 27.5 Å². The average Bonchev–Trinajstić information content (AvgIpc) is 2.25. The maximum atomic E-state index is 6.07. The van der Waals surface area contributed by atoms with Gasteiger partial charge in [0, 0.05) is 37.9 Å². The van der Waals surface area contributed by atoms with Crippen molar-refractivity contribution in [2.24, 2.45) is 0 Å². The molecule has 0 amide bonds. The lowest BCUT2D eigenvalue weighted by Crippen LogP contribution is -2.29. The van der Waals surface area contributed by atoms with Crippen LogP contribution in [0.2, 0.25) is 5.02 Å². The summed E-state index contributed by atoms with van der Waals surface area (Å²) in [6.45, 7) is 2.41. The van der Waals surface area contributed by atoms with Crippen molar-refractivity contribution < 1.29 is 4.74 Å². The summed E-state index contributed by atoms with van der Waals surface area (Å²) in [4.78, 5) is 6.14. The topological polar surface area (TPSA) is 25.4 Å². The van der Waals surface area contributed by atoms with Crippen LogP contribution in [-0.2, 0) is 4.74 Å². The van der Waals surface area contributed by atoms with Gasteiger partial charge in [0.2, 0.25) is 0 Å². The van der Waals surface area contributed by atoms with Crippen molar-refractivity contribution in [2.75, 3.05) is 37.0 Å². The molecular weight excluding hydrogens is 279 g/mol. The number of halogens is 2. The molecule has 1 aromatic heterocycles. The first-order chi connectivity index (χ1) is 7.29. The molecule has 0 N–H and O–H groups in total. The molecule has 0 saturated carbocycles. The van der Waals surface area contributed by atoms with Crippen molar-refractivity contribution in [2.45, 2.75) is 0 Å². The first-order valence-electron chi connectivity index (χ1n) is 4.69. The van der Waals surface area contributed by atoms with Crippen molar-refractivity contribution in [3.63, 3.8) is 0 Å². The van der Waals surface area contributed by atoms with Crippen molar-refractivity contribution in [1.29, 1.82) is 0 Å². The van der Waals surface area contributed by atoms with Crippen LogP contribution in [0.1, 0.15) is 0 Å². The van der Waals surface area contributed by atoms with Crippen LogP contribution in [0, 0.1) is 0 Å². The molecule has 84 valence electrons. The van der Waals surface area contributed by atoms with Crippen LogP contribution in [0.25, 0.3) is 0 Å². The maximum Gasteiger partial charge on any atom is 0.0822 e. The second kappa shape index (κ2) is 7.04. The number of rotatable bonds is 6. The Labute approximate surface area is 104 Å². The highest BCUT2D eigenvalue weighted by molar-refractivity contribution is 9.09. The van der Waals surface area contributed by atoms with Gasteiger partial charge in [0.15, 0.2) is 0 Å². The number of anilines is 1. The van der Waals surface area contributed by atoms with Crippen LogP contribution < -0.4 is 4.90 Å². The van der Waals surface area contributed by atoms with Crippen LogP contribution in [0.5, 0.6) is 0 Å². The molecule has 0 aliphatic rings. The quantitative estimate of drug-likeness (QED) is 0.754. The minimum absolute atomic E-state index is 0.676. The molecule has 0 aliphatic heterocycles. The highest BCUT2D eigenvalue weighted by Crippen LogP contribution is 2.23. The van der Waals surface area contributed by atoms with Crippen LogP contribution in [-0.4, -0.2) is 37.1 Å². The number of nitrogens with zero attached hydrogens (tertiary/aromatic N) is 2. The largest absolute Gasteiger partial charge is 0.383 e. The lowest BCUT2D eigenvalue weighted by molar-refractivity contribution is 0.205. The van der Waals surface area contributed by atoms with E-state index in [1.807, 2.05) is 6.07 Å². The number of ether oxygens (including phenoxy) is 1. The molecule has 0 aromatic carbocycles. The van der Waals surface area contributed by atoms with Gasteiger partial charge in [-0.05, 0) is 6.07 Å². The smallest absolute Gasteiger partial charge is 0.0822 e. The van der Waals surface area contributed by atoms with E-state index < -0.39 is 0 Å². The third kappa shape index (κ3) is 3.97. The number of hydrogen-bond acceptors (Lipinski definition) is 3. The van der Waals surface area contributed by atoms with Gasteiger partial charge in [0.1, 0.15) is 0 Å². The van der Waals surface area contributed by atoms with Crippen LogP contribution in [0.15, 0.2) is 18.5 Å². The zero-order valence-corrected chi connectivity index (χ0v) is 11.0. The lowest BCUT2D eigenvalue weighted by Gasteiger charge is -2.24. The Kier molecular flexibility index (Phi) is 5.98. The van der Waals surface area contributed by atoms with E-state index in [9.17, 15) is 0 Å². The highest BCUT2D eigenvalue weighted by atomic mass is 79.9. The summed E-state index contributed by atoms with van der Waals surface area (Å²) >= 11 is 9.50. The van der Waals surface area contributed by atoms with E-state index in [0.717, 1.165) is 24.1 Å². The number of hydrogen-bond donors (Lipinski definition) is 0. The Balaban J connectivity index is 2.74. The Hall–Kier alpha value is -0.320. The molecule has 1 rings (SSSR count). The van der Waals surface area contributed by atoms with E-state index in [1.54, 1.807) is 19.5 Å². The summed E-state index contributed by atoms with van der Waals surface area (Å²) < 4.78 is 5.06. The molecule has 0 radical (unpaired) electrons. The van der Waals surface area contributed by atoms with Gasteiger partial charge in [-0.15, -0.1) is 0 Å². The fourth-order valence-corrected chi connectivity index (χ4v) is 1.95. The molecule has 15 heavy (non-hydrogen) atoms. The fraction of sp³-hybridized carbons (Fsp3) is 0.500. The Morgan fingerprint density at radius 3 is 2.93 bits per heavy atom. The van der Waals surface area contributed by atoms with Gasteiger partial charge in [-0.2, -0.15) is 0 Å². The van der Waals surface area contributed by atoms with Gasteiger partial charge in [-0.1, -0.05) is 27.5 Å². The van der Waals surface area contributed by atoms with E-state index in [0.29, 0.717) is 11.6 Å². The van der Waals surface area contributed by atoms with E-state index in [4.69, 9.17) is 16.3 Å².